The highest BCUT2D eigenvalue weighted by Gasteiger charge is 2.44. The van der Waals surface area contributed by atoms with Gasteiger partial charge in [0.25, 0.3) is 0 Å². The van der Waals surface area contributed by atoms with Crippen LogP contribution in [-0.2, 0) is 10.0 Å². The quantitative estimate of drug-likeness (QED) is 0.594. The van der Waals surface area contributed by atoms with Gasteiger partial charge in [-0.05, 0) is 76.9 Å². The Morgan fingerprint density at radius 1 is 1.09 bits per heavy atom. The molecule has 1 aliphatic carbocycles. The van der Waals surface area contributed by atoms with Gasteiger partial charge < -0.3 is 15.5 Å². The topological polar surface area (TPSA) is 94.6 Å². The van der Waals surface area contributed by atoms with Crippen molar-refractivity contribution in [1.29, 1.82) is 0 Å². The molecule has 184 valence electrons. The number of anilines is 1. The van der Waals surface area contributed by atoms with Crippen LogP contribution in [0.4, 0.5) is 14.9 Å². The summed E-state index contributed by atoms with van der Waals surface area (Å²) in [7, 11) is -3.88. The third-order valence-electron chi connectivity index (χ3n) is 6.27. The van der Waals surface area contributed by atoms with Crippen molar-refractivity contribution in [1.82, 2.24) is 19.5 Å². The molecule has 0 spiro atoms. The molecule has 2 amide bonds. The number of carbonyl (C=O) groups excluding carboxylic acids is 1. The van der Waals surface area contributed by atoms with Crippen LogP contribution in [0.5, 0.6) is 0 Å². The fraction of sp³-hybridized carbons (Fsp3) is 0.500. The Morgan fingerprint density at radius 2 is 1.71 bits per heavy atom. The number of carbonyl (C=O) groups is 1. The molecular formula is C24H32FN5O3S. The summed E-state index contributed by atoms with van der Waals surface area (Å²) in [5.41, 5.74) is 2.39. The normalized spacial score (nSPS) is 17.6. The molecule has 4 rings (SSSR count). The van der Waals surface area contributed by atoms with Crippen molar-refractivity contribution < 1.29 is 17.6 Å². The molecule has 1 aromatic heterocycles. The van der Waals surface area contributed by atoms with E-state index in [4.69, 9.17) is 0 Å². The molecule has 1 aromatic carbocycles. The Labute approximate surface area is 200 Å². The second-order valence-corrected chi connectivity index (χ2v) is 10.9. The molecule has 2 fully saturated rings. The fourth-order valence-corrected chi connectivity index (χ4v) is 6.59. The molecule has 0 atom stereocenters. The minimum Gasteiger partial charge on any atom is -0.337 e. The van der Waals surface area contributed by atoms with Crippen molar-refractivity contribution in [2.75, 3.05) is 31.5 Å². The molecule has 0 radical (unpaired) electrons. The Morgan fingerprint density at radius 3 is 2.32 bits per heavy atom. The summed E-state index contributed by atoms with van der Waals surface area (Å²) in [4.78, 5) is 18.5. The van der Waals surface area contributed by atoms with E-state index in [-0.39, 0.29) is 23.0 Å². The van der Waals surface area contributed by atoms with Crippen LogP contribution in [0, 0.1) is 19.7 Å². The first-order chi connectivity index (χ1) is 16.2. The lowest BCUT2D eigenvalue weighted by Gasteiger charge is -2.38. The van der Waals surface area contributed by atoms with Crippen LogP contribution in [-0.4, -0.2) is 66.9 Å². The number of sulfonamides is 1. The molecule has 34 heavy (non-hydrogen) atoms. The van der Waals surface area contributed by atoms with Crippen LogP contribution < -0.4 is 10.6 Å². The summed E-state index contributed by atoms with van der Waals surface area (Å²) in [6.45, 7) is 6.38. The van der Waals surface area contributed by atoms with E-state index in [1.165, 1.54) is 18.2 Å². The van der Waals surface area contributed by atoms with Crippen molar-refractivity contribution in [2.45, 2.75) is 56.5 Å². The van der Waals surface area contributed by atoms with Gasteiger partial charge in [-0.2, -0.15) is 4.31 Å². The number of hydrogen-bond donors (Lipinski definition) is 2. The maximum absolute atomic E-state index is 14.3. The number of benzene rings is 1. The molecule has 0 bridgehead atoms. The lowest BCUT2D eigenvalue weighted by Crippen LogP contribution is -2.49. The first-order valence-corrected chi connectivity index (χ1v) is 13.2. The van der Waals surface area contributed by atoms with Crippen LogP contribution in [0.25, 0.3) is 0 Å². The maximum Gasteiger partial charge on any atom is 0.319 e. The van der Waals surface area contributed by atoms with Crippen LogP contribution in [0.1, 0.15) is 37.1 Å². The SMILES string of the molecule is Cc1cc(NC(=O)NCCN2CCC(N(C3CC3)S(=O)(=O)c3ccccc3F)CC2)cc(C)n1. The second kappa shape index (κ2) is 10.4. The predicted molar refractivity (Wildman–Crippen MR) is 129 cm³/mol. The average Bonchev–Trinajstić information content (AvgIpc) is 3.59. The lowest BCUT2D eigenvalue weighted by molar-refractivity contribution is 0.156. The van der Waals surface area contributed by atoms with E-state index in [1.807, 2.05) is 26.0 Å². The van der Waals surface area contributed by atoms with E-state index in [9.17, 15) is 17.6 Å². The zero-order chi connectivity index (χ0) is 24.3. The van der Waals surface area contributed by atoms with Crippen LogP contribution in [0.3, 0.4) is 0 Å². The predicted octanol–water partition coefficient (Wildman–Crippen LogP) is 3.28. The molecule has 2 aliphatic rings. The lowest BCUT2D eigenvalue weighted by atomic mass is 10.0. The number of piperidine rings is 1. The van der Waals surface area contributed by atoms with Crippen LogP contribution >= 0.6 is 0 Å². The first kappa shape index (κ1) is 24.6. The van der Waals surface area contributed by atoms with Gasteiger partial charge in [0.1, 0.15) is 10.7 Å². The van der Waals surface area contributed by atoms with Gasteiger partial charge in [0.05, 0.1) is 0 Å². The van der Waals surface area contributed by atoms with Gasteiger partial charge in [-0.3, -0.25) is 4.98 Å². The highest BCUT2D eigenvalue weighted by molar-refractivity contribution is 7.89. The van der Waals surface area contributed by atoms with Crippen molar-refractivity contribution >= 4 is 21.7 Å². The Bertz CT molecular complexity index is 1110. The highest BCUT2D eigenvalue weighted by atomic mass is 32.2. The van der Waals surface area contributed by atoms with Crippen molar-refractivity contribution in [3.63, 3.8) is 0 Å². The van der Waals surface area contributed by atoms with Gasteiger partial charge in [-0.15, -0.1) is 0 Å². The maximum atomic E-state index is 14.3. The summed E-state index contributed by atoms with van der Waals surface area (Å²) in [6, 6.07) is 8.80. The van der Waals surface area contributed by atoms with Gasteiger partial charge in [0.2, 0.25) is 10.0 Å². The summed E-state index contributed by atoms with van der Waals surface area (Å²) < 4.78 is 42.4. The van der Waals surface area contributed by atoms with Gasteiger partial charge >= 0.3 is 6.03 Å². The van der Waals surface area contributed by atoms with Crippen molar-refractivity contribution in [3.05, 3.63) is 53.6 Å². The van der Waals surface area contributed by atoms with Crippen LogP contribution in [0.15, 0.2) is 41.3 Å². The zero-order valence-electron chi connectivity index (χ0n) is 19.6. The highest BCUT2D eigenvalue weighted by Crippen LogP contribution is 2.37. The standard InChI is InChI=1S/C24H32FN5O3S/c1-17-15-19(16-18(2)27-17)28-24(31)26-11-14-29-12-9-21(10-13-29)30(20-7-8-20)34(32,33)23-6-4-3-5-22(23)25/h3-6,15-16,20-21H,7-14H2,1-2H3,(H2,26,27,28,31). The van der Waals surface area contributed by atoms with Gasteiger partial charge in [0, 0.05) is 42.2 Å². The molecule has 2 aromatic rings. The van der Waals surface area contributed by atoms with E-state index < -0.39 is 15.8 Å². The molecule has 1 saturated carbocycles. The number of nitrogens with zero attached hydrogens (tertiary/aromatic N) is 3. The first-order valence-electron chi connectivity index (χ1n) is 11.7. The molecular weight excluding hydrogens is 457 g/mol. The summed E-state index contributed by atoms with van der Waals surface area (Å²) >= 11 is 0. The summed E-state index contributed by atoms with van der Waals surface area (Å²) in [5.74, 6) is -0.702. The van der Waals surface area contributed by atoms with E-state index in [2.05, 4.69) is 20.5 Å². The fourth-order valence-electron chi connectivity index (χ4n) is 4.59. The monoisotopic (exact) mass is 489 g/mol. The molecule has 2 N–H and O–H groups in total. The minimum atomic E-state index is -3.88. The number of pyridine rings is 1. The third-order valence-corrected chi connectivity index (χ3v) is 8.31. The van der Waals surface area contributed by atoms with Crippen molar-refractivity contribution in [3.8, 4) is 0 Å². The molecule has 0 unspecified atom stereocenters. The zero-order valence-corrected chi connectivity index (χ0v) is 20.4. The van der Waals surface area contributed by atoms with Gasteiger partial charge in [-0.1, -0.05) is 12.1 Å². The van der Waals surface area contributed by atoms with Crippen LogP contribution in [0.2, 0.25) is 0 Å². The number of hydrogen-bond acceptors (Lipinski definition) is 5. The number of rotatable bonds is 8. The van der Waals surface area contributed by atoms with Gasteiger partial charge in [-0.25, -0.2) is 17.6 Å². The second-order valence-electron chi connectivity index (χ2n) is 9.09. The van der Waals surface area contributed by atoms with Gasteiger partial charge in [0.15, 0.2) is 0 Å². The largest absolute Gasteiger partial charge is 0.337 e. The smallest absolute Gasteiger partial charge is 0.319 e. The number of aromatic nitrogens is 1. The average molecular weight is 490 g/mol. The number of amides is 2. The third kappa shape index (κ3) is 5.92. The molecule has 1 saturated heterocycles. The molecule has 1 aliphatic heterocycles. The number of nitrogens with one attached hydrogen (secondary N) is 2. The summed E-state index contributed by atoms with van der Waals surface area (Å²) in [5, 5.41) is 5.70. The van der Waals surface area contributed by atoms with E-state index in [0.717, 1.165) is 37.3 Å². The van der Waals surface area contributed by atoms with E-state index in [1.54, 1.807) is 10.4 Å². The Balaban J connectivity index is 1.27. The van der Waals surface area contributed by atoms with Crippen molar-refractivity contribution in [2.24, 2.45) is 0 Å². The minimum absolute atomic E-state index is 0.0352. The molecule has 10 heteroatoms. The Kier molecular flexibility index (Phi) is 7.49. The Hall–Kier alpha value is -2.56. The number of likely N-dealkylation sites (tertiary alicyclic amines) is 1. The number of aryl methyl sites for hydroxylation is 2. The number of halogens is 1. The molecule has 8 nitrogen and oxygen atoms in total. The number of urea groups is 1. The summed E-state index contributed by atoms with van der Waals surface area (Å²) in [6.07, 6.45) is 3.02. The van der Waals surface area contributed by atoms with E-state index >= 15 is 0 Å². The van der Waals surface area contributed by atoms with E-state index in [0.29, 0.717) is 31.6 Å². The molecule has 2 heterocycles.